The maximum absolute atomic E-state index is 5.64. The molecule has 0 aliphatic heterocycles. The van der Waals surface area contributed by atoms with E-state index in [4.69, 9.17) is 5.73 Å². The molecule has 0 saturated carbocycles. The van der Waals surface area contributed by atoms with Gasteiger partial charge < -0.3 is 5.73 Å². The monoisotopic (exact) mass is 153 g/mol. The molecular formula is C8H15N3. The molecule has 1 atom stereocenters. The number of aromatic amines is 1. The molecule has 0 bridgehead atoms. The van der Waals surface area contributed by atoms with Gasteiger partial charge in [0.15, 0.2) is 0 Å². The van der Waals surface area contributed by atoms with Crippen molar-refractivity contribution in [3.63, 3.8) is 0 Å². The molecule has 1 heterocycles. The van der Waals surface area contributed by atoms with Crippen molar-refractivity contribution in [1.82, 2.24) is 10.2 Å². The Hall–Kier alpha value is -0.830. The predicted octanol–water partition coefficient (Wildman–Crippen LogP) is 1.38. The number of hydrogen-bond donors (Lipinski definition) is 2. The molecule has 62 valence electrons. The third kappa shape index (κ3) is 2.05. The van der Waals surface area contributed by atoms with E-state index in [-0.39, 0.29) is 6.04 Å². The summed E-state index contributed by atoms with van der Waals surface area (Å²) >= 11 is 0. The van der Waals surface area contributed by atoms with Crippen LogP contribution in [0.25, 0.3) is 0 Å². The molecule has 3 heteroatoms. The zero-order valence-electron chi connectivity index (χ0n) is 7.09. The van der Waals surface area contributed by atoms with Crippen LogP contribution < -0.4 is 5.73 Å². The molecule has 1 unspecified atom stereocenters. The summed E-state index contributed by atoms with van der Waals surface area (Å²) in [5.41, 5.74) is 7.77. The van der Waals surface area contributed by atoms with Crippen molar-refractivity contribution >= 4 is 0 Å². The van der Waals surface area contributed by atoms with Crippen LogP contribution in [0.15, 0.2) is 6.07 Å². The minimum Gasteiger partial charge on any atom is -0.323 e. The summed E-state index contributed by atoms with van der Waals surface area (Å²) in [5.74, 6) is 0. The van der Waals surface area contributed by atoms with Gasteiger partial charge >= 0.3 is 0 Å². The van der Waals surface area contributed by atoms with Crippen LogP contribution in [0.5, 0.6) is 0 Å². The Morgan fingerprint density at radius 2 is 2.45 bits per heavy atom. The molecule has 0 aromatic carbocycles. The first-order valence-corrected chi connectivity index (χ1v) is 4.03. The molecular weight excluding hydrogens is 138 g/mol. The minimum atomic E-state index is 0.0388. The zero-order chi connectivity index (χ0) is 8.27. The highest BCUT2D eigenvalue weighted by molar-refractivity contribution is 5.11. The standard InChI is InChI=1S/C8H15N3/c1-3-4-7-5-8(6(2)9)11-10-7/h5-6H,3-4,9H2,1-2H3,(H,10,11). The fourth-order valence-electron chi connectivity index (χ4n) is 1.01. The lowest BCUT2D eigenvalue weighted by molar-refractivity contribution is 0.770. The van der Waals surface area contributed by atoms with E-state index in [1.807, 2.05) is 13.0 Å². The van der Waals surface area contributed by atoms with E-state index in [0.29, 0.717) is 0 Å². The van der Waals surface area contributed by atoms with Gasteiger partial charge in [-0.15, -0.1) is 0 Å². The first-order valence-electron chi connectivity index (χ1n) is 4.03. The second kappa shape index (κ2) is 3.53. The predicted molar refractivity (Wildman–Crippen MR) is 45.2 cm³/mol. The fourth-order valence-corrected chi connectivity index (χ4v) is 1.01. The molecule has 1 aromatic heterocycles. The maximum Gasteiger partial charge on any atom is 0.0789 e. The molecule has 0 saturated heterocycles. The molecule has 0 fully saturated rings. The average molecular weight is 153 g/mol. The molecule has 0 aliphatic carbocycles. The normalized spacial score (nSPS) is 13.4. The summed E-state index contributed by atoms with van der Waals surface area (Å²) in [6, 6.07) is 2.07. The second-order valence-corrected chi connectivity index (χ2v) is 2.86. The number of H-pyrrole nitrogens is 1. The quantitative estimate of drug-likeness (QED) is 0.689. The summed E-state index contributed by atoms with van der Waals surface area (Å²) < 4.78 is 0. The number of nitrogens with zero attached hydrogens (tertiary/aromatic N) is 1. The number of nitrogens with one attached hydrogen (secondary N) is 1. The first-order chi connectivity index (χ1) is 5.24. The molecule has 0 radical (unpaired) electrons. The molecule has 3 nitrogen and oxygen atoms in total. The van der Waals surface area contributed by atoms with E-state index in [9.17, 15) is 0 Å². The molecule has 1 aromatic rings. The highest BCUT2D eigenvalue weighted by atomic mass is 15.1. The molecule has 1 rings (SSSR count). The molecule has 3 N–H and O–H groups in total. The number of hydrogen-bond acceptors (Lipinski definition) is 2. The lowest BCUT2D eigenvalue weighted by atomic mass is 10.2. The topological polar surface area (TPSA) is 54.7 Å². The zero-order valence-corrected chi connectivity index (χ0v) is 7.09. The lowest BCUT2D eigenvalue weighted by Gasteiger charge is -1.95. The van der Waals surface area contributed by atoms with Crippen molar-refractivity contribution in [3.8, 4) is 0 Å². The van der Waals surface area contributed by atoms with E-state index in [2.05, 4.69) is 17.1 Å². The summed E-state index contributed by atoms with van der Waals surface area (Å²) in [4.78, 5) is 0. The van der Waals surface area contributed by atoms with Crippen molar-refractivity contribution in [1.29, 1.82) is 0 Å². The average Bonchev–Trinajstić information content (AvgIpc) is 2.37. The maximum atomic E-state index is 5.64. The van der Waals surface area contributed by atoms with Gasteiger partial charge in [0.1, 0.15) is 0 Å². The van der Waals surface area contributed by atoms with Crippen LogP contribution in [0.4, 0.5) is 0 Å². The Morgan fingerprint density at radius 1 is 1.73 bits per heavy atom. The smallest absolute Gasteiger partial charge is 0.0789 e. The Kier molecular flexibility index (Phi) is 2.65. The highest BCUT2D eigenvalue weighted by Crippen LogP contribution is 2.08. The van der Waals surface area contributed by atoms with Gasteiger partial charge in [-0.1, -0.05) is 13.3 Å². The van der Waals surface area contributed by atoms with E-state index in [1.54, 1.807) is 0 Å². The molecule has 0 aliphatic rings. The summed E-state index contributed by atoms with van der Waals surface area (Å²) in [7, 11) is 0. The van der Waals surface area contributed by atoms with E-state index in [1.165, 1.54) is 5.69 Å². The summed E-state index contributed by atoms with van der Waals surface area (Å²) in [6.07, 6.45) is 2.19. The number of nitrogens with two attached hydrogens (primary N) is 1. The second-order valence-electron chi connectivity index (χ2n) is 2.86. The van der Waals surface area contributed by atoms with Crippen molar-refractivity contribution in [2.45, 2.75) is 32.7 Å². The van der Waals surface area contributed by atoms with Crippen LogP contribution in [-0.4, -0.2) is 10.2 Å². The number of aromatic nitrogens is 2. The Bertz CT molecular complexity index is 215. The van der Waals surface area contributed by atoms with Gasteiger partial charge in [-0.3, -0.25) is 5.10 Å². The van der Waals surface area contributed by atoms with Gasteiger partial charge in [-0.2, -0.15) is 5.10 Å². The van der Waals surface area contributed by atoms with Crippen molar-refractivity contribution in [3.05, 3.63) is 17.5 Å². The van der Waals surface area contributed by atoms with Crippen LogP contribution in [0, 0.1) is 0 Å². The molecule has 0 amide bonds. The number of rotatable bonds is 3. The summed E-state index contributed by atoms with van der Waals surface area (Å²) in [5, 5.41) is 7.04. The van der Waals surface area contributed by atoms with Crippen LogP contribution in [0.2, 0.25) is 0 Å². The number of aryl methyl sites for hydroxylation is 1. The third-order valence-corrected chi connectivity index (χ3v) is 1.64. The van der Waals surface area contributed by atoms with Gasteiger partial charge in [-0.25, -0.2) is 0 Å². The fraction of sp³-hybridized carbons (Fsp3) is 0.625. The largest absolute Gasteiger partial charge is 0.323 e. The van der Waals surface area contributed by atoms with Gasteiger partial charge in [0.05, 0.1) is 5.69 Å². The molecule has 11 heavy (non-hydrogen) atoms. The highest BCUT2D eigenvalue weighted by Gasteiger charge is 2.03. The van der Waals surface area contributed by atoms with Crippen molar-refractivity contribution in [2.24, 2.45) is 5.73 Å². The van der Waals surface area contributed by atoms with Crippen LogP contribution >= 0.6 is 0 Å². The molecule has 0 spiro atoms. The Balaban J connectivity index is 2.66. The third-order valence-electron chi connectivity index (χ3n) is 1.64. The van der Waals surface area contributed by atoms with E-state index in [0.717, 1.165) is 18.5 Å². The van der Waals surface area contributed by atoms with Gasteiger partial charge in [0.25, 0.3) is 0 Å². The lowest BCUT2D eigenvalue weighted by Crippen LogP contribution is -2.04. The van der Waals surface area contributed by atoms with Crippen LogP contribution in [0.3, 0.4) is 0 Å². The van der Waals surface area contributed by atoms with Crippen molar-refractivity contribution in [2.75, 3.05) is 0 Å². The van der Waals surface area contributed by atoms with E-state index < -0.39 is 0 Å². The first kappa shape index (κ1) is 8.27. The van der Waals surface area contributed by atoms with E-state index >= 15 is 0 Å². The van der Waals surface area contributed by atoms with Gasteiger partial charge in [0, 0.05) is 11.7 Å². The summed E-state index contributed by atoms with van der Waals surface area (Å²) in [6.45, 7) is 4.08. The van der Waals surface area contributed by atoms with Gasteiger partial charge in [0.2, 0.25) is 0 Å². The van der Waals surface area contributed by atoms with Crippen LogP contribution in [0.1, 0.15) is 37.7 Å². The Labute approximate surface area is 67.0 Å². The SMILES string of the molecule is CCCc1cc(C(C)N)n[nH]1. The minimum absolute atomic E-state index is 0.0388. The van der Waals surface area contributed by atoms with Crippen molar-refractivity contribution < 1.29 is 0 Å². The van der Waals surface area contributed by atoms with Gasteiger partial charge in [-0.05, 0) is 19.4 Å². The Morgan fingerprint density at radius 3 is 2.91 bits per heavy atom. The van der Waals surface area contributed by atoms with Crippen LogP contribution in [-0.2, 0) is 6.42 Å².